The van der Waals surface area contributed by atoms with Crippen LogP contribution in [0.25, 0.3) is 11.3 Å². The molecule has 1 aromatic heterocycles. The highest BCUT2D eigenvalue weighted by atomic mass is 19.1. The maximum atomic E-state index is 14.5. The number of carbonyl (C=O) groups is 2. The van der Waals surface area contributed by atoms with Crippen molar-refractivity contribution in [1.82, 2.24) is 14.9 Å². The predicted octanol–water partition coefficient (Wildman–Crippen LogP) is 4.87. The molecule has 1 aliphatic carbocycles. The summed E-state index contributed by atoms with van der Waals surface area (Å²) in [5.41, 5.74) is 8.00. The number of anilines is 2. The zero-order chi connectivity index (χ0) is 29.7. The molecule has 1 aliphatic heterocycles. The van der Waals surface area contributed by atoms with Crippen molar-refractivity contribution < 1.29 is 27.8 Å². The average Bonchev–Trinajstić information content (AvgIpc) is 3.70. The van der Waals surface area contributed by atoms with Crippen LogP contribution in [0.2, 0.25) is 0 Å². The Bertz CT molecular complexity index is 1460. The number of nitrogens with two attached hydrogens (primary N) is 1. The maximum Gasteiger partial charge on any atom is 0.258 e. The van der Waals surface area contributed by atoms with Crippen molar-refractivity contribution in [2.75, 3.05) is 38.4 Å². The van der Waals surface area contributed by atoms with E-state index in [-0.39, 0.29) is 40.5 Å². The number of hydrogen-bond acceptors (Lipinski definition) is 7. The van der Waals surface area contributed by atoms with Crippen LogP contribution in [0.5, 0.6) is 5.75 Å². The molecule has 2 aliphatic rings. The Balaban J connectivity index is 0.000000296. The summed E-state index contributed by atoms with van der Waals surface area (Å²) in [5, 5.41) is 2.60. The van der Waals surface area contributed by atoms with Crippen LogP contribution in [-0.4, -0.2) is 60.1 Å². The van der Waals surface area contributed by atoms with Crippen LogP contribution in [0, 0.1) is 18.6 Å². The molecule has 5 rings (SSSR count). The molecule has 2 fully saturated rings. The standard InChI is InChI=1S/C22H20F2N4O2.C8H13NO2/c1-11-16(19-20(30-2)21(25)27-10-26-19)8-14(23)9-18(11)28-22(29)15-6-5-13(7-17(15)24)12-3-4-12;1-3-8(10)9-5-4-7(6-9)11-2/h5-10,12H,3-4H2,1-2H3,(H,28,29)(H2,25,26,27);3,7H,1,4-6H2,2H3. The van der Waals surface area contributed by atoms with Crippen LogP contribution >= 0.6 is 0 Å². The molecule has 9 nitrogen and oxygen atoms in total. The summed E-state index contributed by atoms with van der Waals surface area (Å²) >= 11 is 0. The molecule has 41 heavy (non-hydrogen) atoms. The Labute approximate surface area is 237 Å². The molecule has 0 spiro atoms. The molecule has 1 saturated carbocycles. The number of carbonyl (C=O) groups excluding carboxylic acids is 2. The highest BCUT2D eigenvalue weighted by molar-refractivity contribution is 6.05. The summed E-state index contributed by atoms with van der Waals surface area (Å²) in [6.07, 6.45) is 5.82. The van der Waals surface area contributed by atoms with Crippen molar-refractivity contribution >= 4 is 23.3 Å². The summed E-state index contributed by atoms with van der Waals surface area (Å²) in [5.74, 6) is -1.18. The molecule has 0 radical (unpaired) electrons. The third kappa shape index (κ3) is 6.86. The Hall–Kier alpha value is -4.38. The number of aromatic nitrogens is 2. The molecule has 0 bridgehead atoms. The number of nitrogens with one attached hydrogen (secondary N) is 1. The lowest BCUT2D eigenvalue weighted by Crippen LogP contribution is -2.27. The average molecular weight is 566 g/mol. The van der Waals surface area contributed by atoms with E-state index in [1.807, 2.05) is 0 Å². The lowest BCUT2D eigenvalue weighted by Gasteiger charge is -2.15. The first-order valence-corrected chi connectivity index (χ1v) is 13.2. The zero-order valence-corrected chi connectivity index (χ0v) is 23.2. The zero-order valence-electron chi connectivity index (χ0n) is 23.2. The van der Waals surface area contributed by atoms with E-state index in [0.717, 1.165) is 31.4 Å². The van der Waals surface area contributed by atoms with Crippen molar-refractivity contribution in [2.24, 2.45) is 0 Å². The number of ether oxygens (including phenoxy) is 2. The minimum Gasteiger partial charge on any atom is -0.491 e. The summed E-state index contributed by atoms with van der Waals surface area (Å²) < 4.78 is 39.2. The SMILES string of the molecule is C=CC(=O)N1CCC(OC)C1.COc1c(N)ncnc1-c1cc(F)cc(NC(=O)c2ccc(C3CC3)cc2F)c1C. The van der Waals surface area contributed by atoms with E-state index in [1.54, 1.807) is 25.0 Å². The molecule has 2 heterocycles. The number of benzene rings is 2. The largest absolute Gasteiger partial charge is 0.491 e. The fourth-order valence-electron chi connectivity index (χ4n) is 4.66. The molecule has 1 saturated heterocycles. The van der Waals surface area contributed by atoms with Gasteiger partial charge in [0.25, 0.3) is 5.91 Å². The third-order valence-corrected chi connectivity index (χ3v) is 7.16. The predicted molar refractivity (Wildman–Crippen MR) is 152 cm³/mol. The van der Waals surface area contributed by atoms with E-state index in [0.29, 0.717) is 23.6 Å². The number of rotatable bonds is 7. The van der Waals surface area contributed by atoms with Gasteiger partial charge < -0.3 is 25.4 Å². The highest BCUT2D eigenvalue weighted by Gasteiger charge is 2.26. The van der Waals surface area contributed by atoms with Crippen molar-refractivity contribution in [3.05, 3.63) is 77.6 Å². The number of nitrogen functional groups attached to an aromatic ring is 1. The number of halogens is 2. The monoisotopic (exact) mass is 565 g/mol. The van der Waals surface area contributed by atoms with Crippen LogP contribution in [-0.2, 0) is 9.53 Å². The molecule has 3 N–H and O–H groups in total. The van der Waals surface area contributed by atoms with Gasteiger partial charge in [-0.05, 0) is 73.6 Å². The maximum absolute atomic E-state index is 14.5. The Morgan fingerprint density at radius 3 is 2.51 bits per heavy atom. The van der Waals surface area contributed by atoms with Crippen molar-refractivity contribution in [3.63, 3.8) is 0 Å². The van der Waals surface area contributed by atoms with Crippen LogP contribution in [0.15, 0.2) is 49.3 Å². The van der Waals surface area contributed by atoms with Gasteiger partial charge in [-0.2, -0.15) is 0 Å². The van der Waals surface area contributed by atoms with Crippen LogP contribution in [0.1, 0.15) is 46.7 Å². The first kappa shape index (κ1) is 29.6. The number of nitrogens with zero attached hydrogens (tertiary/aromatic N) is 3. The van der Waals surface area contributed by atoms with Gasteiger partial charge in [-0.25, -0.2) is 18.7 Å². The van der Waals surface area contributed by atoms with Gasteiger partial charge in [0, 0.05) is 31.5 Å². The van der Waals surface area contributed by atoms with Gasteiger partial charge in [-0.1, -0.05) is 12.6 Å². The second kappa shape index (κ2) is 12.9. The van der Waals surface area contributed by atoms with Gasteiger partial charge in [0.05, 0.1) is 18.8 Å². The quantitative estimate of drug-likeness (QED) is 0.392. The number of amides is 2. The lowest BCUT2D eigenvalue weighted by molar-refractivity contribution is -0.125. The normalized spacial score (nSPS) is 16.0. The summed E-state index contributed by atoms with van der Waals surface area (Å²) in [7, 11) is 3.08. The minimum atomic E-state index is -0.663. The highest BCUT2D eigenvalue weighted by Crippen LogP contribution is 2.40. The third-order valence-electron chi connectivity index (χ3n) is 7.16. The smallest absolute Gasteiger partial charge is 0.258 e. The fraction of sp³-hybridized carbons (Fsp3) is 0.333. The molecule has 1 atom stereocenters. The first-order chi connectivity index (χ1) is 19.7. The Kier molecular flexibility index (Phi) is 9.28. The molecular formula is C30H33F2N5O4. The number of methoxy groups -OCH3 is 2. The first-order valence-electron chi connectivity index (χ1n) is 13.2. The van der Waals surface area contributed by atoms with Crippen LogP contribution in [0.4, 0.5) is 20.3 Å². The van der Waals surface area contributed by atoms with Gasteiger partial charge in [0.2, 0.25) is 5.91 Å². The topological polar surface area (TPSA) is 120 Å². The lowest BCUT2D eigenvalue weighted by atomic mass is 10.0. The number of hydrogen-bond donors (Lipinski definition) is 2. The molecule has 2 aromatic carbocycles. The summed E-state index contributed by atoms with van der Waals surface area (Å²) in [6.45, 7) is 6.62. The summed E-state index contributed by atoms with van der Waals surface area (Å²) in [4.78, 5) is 33.5. The minimum absolute atomic E-state index is 0.00421. The molecule has 1 unspecified atom stereocenters. The molecular weight excluding hydrogens is 532 g/mol. The molecule has 216 valence electrons. The molecule has 3 aromatic rings. The van der Waals surface area contributed by atoms with Crippen LogP contribution < -0.4 is 15.8 Å². The summed E-state index contributed by atoms with van der Waals surface area (Å²) in [6, 6.07) is 7.05. The Morgan fingerprint density at radius 2 is 1.90 bits per heavy atom. The second-order valence-corrected chi connectivity index (χ2v) is 9.87. The van der Waals surface area contributed by atoms with E-state index in [2.05, 4.69) is 21.9 Å². The second-order valence-electron chi connectivity index (χ2n) is 9.87. The van der Waals surface area contributed by atoms with Crippen LogP contribution in [0.3, 0.4) is 0 Å². The van der Waals surface area contributed by atoms with E-state index < -0.39 is 17.5 Å². The van der Waals surface area contributed by atoms with Crippen molar-refractivity contribution in [3.8, 4) is 17.0 Å². The van der Waals surface area contributed by atoms with E-state index in [9.17, 15) is 18.4 Å². The van der Waals surface area contributed by atoms with Gasteiger partial charge >= 0.3 is 0 Å². The van der Waals surface area contributed by atoms with Gasteiger partial charge in [-0.3, -0.25) is 9.59 Å². The van der Waals surface area contributed by atoms with Gasteiger partial charge in [0.15, 0.2) is 11.6 Å². The Morgan fingerprint density at radius 1 is 1.15 bits per heavy atom. The molecule has 2 amide bonds. The fourth-order valence-corrected chi connectivity index (χ4v) is 4.66. The number of likely N-dealkylation sites (tertiary alicyclic amines) is 1. The van der Waals surface area contributed by atoms with E-state index in [1.165, 1.54) is 43.8 Å². The van der Waals surface area contributed by atoms with Gasteiger partial charge in [-0.15, -0.1) is 0 Å². The van der Waals surface area contributed by atoms with E-state index in [4.69, 9.17) is 15.2 Å². The molecule has 11 heteroatoms. The van der Waals surface area contributed by atoms with Crippen molar-refractivity contribution in [1.29, 1.82) is 0 Å². The van der Waals surface area contributed by atoms with Gasteiger partial charge in [0.1, 0.15) is 23.7 Å². The van der Waals surface area contributed by atoms with Crippen molar-refractivity contribution in [2.45, 2.75) is 38.2 Å². The van der Waals surface area contributed by atoms with E-state index >= 15 is 0 Å².